The summed E-state index contributed by atoms with van der Waals surface area (Å²) in [6, 6.07) is 9.38. The third kappa shape index (κ3) is 3.04. The van der Waals surface area contributed by atoms with E-state index in [1.54, 1.807) is 4.90 Å². The molecule has 1 amide bonds. The van der Waals surface area contributed by atoms with E-state index in [1.165, 1.54) is 0 Å². The molecule has 0 bridgehead atoms. The molecule has 2 heterocycles. The first-order chi connectivity index (χ1) is 10.5. The molecule has 5 heteroatoms. The Kier molecular flexibility index (Phi) is 3.98. The molecule has 2 aromatic rings. The number of carbonyl (C=O) groups excluding carboxylic acids is 1. The predicted octanol–water partition coefficient (Wildman–Crippen LogP) is 1.97. The highest BCUT2D eigenvalue weighted by Gasteiger charge is 2.35. The molecular formula is C17H20N2O3. The van der Waals surface area contributed by atoms with Crippen molar-refractivity contribution >= 4 is 5.91 Å². The van der Waals surface area contributed by atoms with Crippen LogP contribution >= 0.6 is 0 Å². The number of aryl methyl sites for hydroxylation is 2. The van der Waals surface area contributed by atoms with Crippen molar-refractivity contribution in [3.05, 3.63) is 52.9 Å². The molecule has 0 radical (unpaired) electrons. The highest BCUT2D eigenvalue weighted by molar-refractivity contribution is 5.94. The lowest BCUT2D eigenvalue weighted by molar-refractivity contribution is 0.0764. The van der Waals surface area contributed by atoms with Crippen LogP contribution < -0.4 is 0 Å². The van der Waals surface area contributed by atoms with Crippen LogP contribution in [0.15, 0.2) is 34.9 Å². The van der Waals surface area contributed by atoms with Crippen LogP contribution in [0, 0.1) is 19.8 Å². The fraction of sp³-hybridized carbons (Fsp3) is 0.412. The lowest BCUT2D eigenvalue weighted by atomic mass is 10.0. The minimum Gasteiger partial charge on any atom is -0.391 e. The summed E-state index contributed by atoms with van der Waals surface area (Å²) in [5, 5.41) is 14.1. The Balaban J connectivity index is 1.67. The fourth-order valence-electron chi connectivity index (χ4n) is 2.87. The van der Waals surface area contributed by atoms with Crippen molar-refractivity contribution in [3.63, 3.8) is 0 Å². The maximum Gasteiger partial charge on any atom is 0.253 e. The van der Waals surface area contributed by atoms with Crippen LogP contribution in [0.5, 0.6) is 0 Å². The van der Waals surface area contributed by atoms with E-state index in [1.807, 2.05) is 44.2 Å². The lowest BCUT2D eigenvalue weighted by Gasteiger charge is -2.16. The lowest BCUT2D eigenvalue weighted by Crippen LogP contribution is -2.29. The number of benzene rings is 1. The van der Waals surface area contributed by atoms with Gasteiger partial charge in [-0.15, -0.1) is 0 Å². The first-order valence-electron chi connectivity index (χ1n) is 7.49. The van der Waals surface area contributed by atoms with E-state index in [4.69, 9.17) is 4.52 Å². The zero-order valence-corrected chi connectivity index (χ0v) is 12.8. The van der Waals surface area contributed by atoms with E-state index in [-0.39, 0.29) is 11.8 Å². The summed E-state index contributed by atoms with van der Waals surface area (Å²) in [6.07, 6.45) is 0.0690. The molecule has 1 saturated heterocycles. The zero-order valence-electron chi connectivity index (χ0n) is 12.8. The number of aliphatic hydroxyl groups is 1. The second kappa shape index (κ2) is 5.93. The molecule has 1 aliphatic heterocycles. The van der Waals surface area contributed by atoms with Gasteiger partial charge in [-0.3, -0.25) is 4.79 Å². The number of β-amino-alcohol motifs (C(OH)–C–C–N with tert-alkyl or cyclic N) is 1. The van der Waals surface area contributed by atoms with Crippen LogP contribution in [0.25, 0.3) is 0 Å². The van der Waals surface area contributed by atoms with Gasteiger partial charge in [0, 0.05) is 37.1 Å². The minimum atomic E-state index is -0.528. The maximum atomic E-state index is 12.5. The van der Waals surface area contributed by atoms with E-state index in [0.717, 1.165) is 17.0 Å². The summed E-state index contributed by atoms with van der Waals surface area (Å²) in [5.74, 6) is 0.711. The van der Waals surface area contributed by atoms with Crippen molar-refractivity contribution in [1.29, 1.82) is 0 Å². The molecular weight excluding hydrogens is 280 g/mol. The number of likely N-dealkylation sites (tertiary alicyclic amines) is 1. The topological polar surface area (TPSA) is 66.6 Å². The van der Waals surface area contributed by atoms with E-state index >= 15 is 0 Å². The second-order valence-corrected chi connectivity index (χ2v) is 6.04. The van der Waals surface area contributed by atoms with E-state index < -0.39 is 6.10 Å². The van der Waals surface area contributed by atoms with Crippen molar-refractivity contribution in [2.24, 2.45) is 5.92 Å². The van der Waals surface area contributed by atoms with Crippen molar-refractivity contribution < 1.29 is 14.4 Å². The Bertz CT molecular complexity index is 663. The van der Waals surface area contributed by atoms with Gasteiger partial charge in [-0.05, 0) is 26.0 Å². The molecule has 2 atom stereocenters. The molecule has 116 valence electrons. The van der Waals surface area contributed by atoms with Crippen LogP contribution in [0.3, 0.4) is 0 Å². The van der Waals surface area contributed by atoms with E-state index in [2.05, 4.69) is 5.16 Å². The average Bonchev–Trinajstić information content (AvgIpc) is 3.06. The van der Waals surface area contributed by atoms with Gasteiger partial charge in [-0.2, -0.15) is 0 Å². The number of amides is 1. The average molecular weight is 300 g/mol. The molecule has 5 nitrogen and oxygen atoms in total. The van der Waals surface area contributed by atoms with E-state index in [9.17, 15) is 9.90 Å². The first-order valence-corrected chi connectivity index (χ1v) is 7.49. The van der Waals surface area contributed by atoms with Crippen LogP contribution in [0.4, 0.5) is 0 Å². The van der Waals surface area contributed by atoms with Crippen LogP contribution in [-0.2, 0) is 6.42 Å². The van der Waals surface area contributed by atoms with Crippen LogP contribution in [-0.4, -0.2) is 40.3 Å². The van der Waals surface area contributed by atoms with E-state index in [0.29, 0.717) is 25.1 Å². The molecule has 1 N–H and O–H groups in total. The number of nitrogens with zero attached hydrogens (tertiary/aromatic N) is 2. The first kappa shape index (κ1) is 14.8. The molecule has 1 fully saturated rings. The second-order valence-electron chi connectivity index (χ2n) is 6.04. The summed E-state index contributed by atoms with van der Waals surface area (Å²) in [5.41, 5.74) is 2.61. The summed E-state index contributed by atoms with van der Waals surface area (Å²) < 4.78 is 5.20. The predicted molar refractivity (Wildman–Crippen MR) is 81.5 cm³/mol. The van der Waals surface area contributed by atoms with Gasteiger partial charge in [0.2, 0.25) is 0 Å². The molecule has 1 aromatic carbocycles. The van der Waals surface area contributed by atoms with Gasteiger partial charge in [-0.1, -0.05) is 22.9 Å². The van der Waals surface area contributed by atoms with Crippen LogP contribution in [0.2, 0.25) is 0 Å². The highest BCUT2D eigenvalue weighted by Crippen LogP contribution is 2.23. The third-order valence-corrected chi connectivity index (χ3v) is 4.13. The Morgan fingerprint density at radius 2 is 2.05 bits per heavy atom. The molecule has 0 spiro atoms. The number of aliphatic hydroxyl groups excluding tert-OH is 1. The smallest absolute Gasteiger partial charge is 0.253 e. The molecule has 3 rings (SSSR count). The normalized spacial score (nSPS) is 21.3. The van der Waals surface area contributed by atoms with Gasteiger partial charge in [0.1, 0.15) is 5.76 Å². The Morgan fingerprint density at radius 1 is 1.32 bits per heavy atom. The molecule has 0 aliphatic carbocycles. The molecule has 0 saturated carbocycles. The Hall–Kier alpha value is -2.14. The molecule has 1 aliphatic rings. The number of rotatable bonds is 3. The number of aromatic nitrogens is 1. The fourth-order valence-corrected chi connectivity index (χ4v) is 2.87. The van der Waals surface area contributed by atoms with Crippen molar-refractivity contribution in [1.82, 2.24) is 10.1 Å². The van der Waals surface area contributed by atoms with Gasteiger partial charge in [0.25, 0.3) is 5.91 Å². The minimum absolute atomic E-state index is 0.0123. The third-order valence-electron chi connectivity index (χ3n) is 4.13. The van der Waals surface area contributed by atoms with Gasteiger partial charge < -0.3 is 14.5 Å². The monoisotopic (exact) mass is 300 g/mol. The quantitative estimate of drug-likeness (QED) is 0.941. The highest BCUT2D eigenvalue weighted by atomic mass is 16.5. The van der Waals surface area contributed by atoms with Crippen molar-refractivity contribution in [2.45, 2.75) is 26.4 Å². The maximum absolute atomic E-state index is 12.5. The Labute approximate surface area is 129 Å². The van der Waals surface area contributed by atoms with Gasteiger partial charge in [0.05, 0.1) is 11.8 Å². The van der Waals surface area contributed by atoms with Crippen molar-refractivity contribution in [3.8, 4) is 0 Å². The summed E-state index contributed by atoms with van der Waals surface area (Å²) >= 11 is 0. The molecule has 22 heavy (non-hydrogen) atoms. The largest absolute Gasteiger partial charge is 0.391 e. The standard InChI is InChI=1S/C17H20N2O3/c1-11-3-5-13(6-4-11)17(21)19-9-14(16(20)10-19)8-15-7-12(2)18-22-15/h3-7,14,16,20H,8-10H2,1-2H3. The number of hydrogen-bond acceptors (Lipinski definition) is 4. The molecule has 1 aromatic heterocycles. The Morgan fingerprint density at radius 3 is 2.68 bits per heavy atom. The number of carbonyl (C=O) groups is 1. The van der Waals surface area contributed by atoms with Gasteiger partial charge >= 0.3 is 0 Å². The van der Waals surface area contributed by atoms with Gasteiger partial charge in [0.15, 0.2) is 0 Å². The summed E-state index contributed by atoms with van der Waals surface area (Å²) in [7, 11) is 0. The van der Waals surface area contributed by atoms with Crippen LogP contribution in [0.1, 0.15) is 27.4 Å². The van der Waals surface area contributed by atoms with Crippen molar-refractivity contribution in [2.75, 3.05) is 13.1 Å². The number of hydrogen-bond donors (Lipinski definition) is 1. The zero-order chi connectivity index (χ0) is 15.7. The molecule has 2 unspecified atom stereocenters. The SMILES string of the molecule is Cc1ccc(C(=O)N2CC(O)C(Cc3cc(C)no3)C2)cc1. The summed E-state index contributed by atoms with van der Waals surface area (Å²) in [6.45, 7) is 4.76. The summed E-state index contributed by atoms with van der Waals surface area (Å²) in [4.78, 5) is 14.2. The van der Waals surface area contributed by atoms with Gasteiger partial charge in [-0.25, -0.2) is 0 Å².